The molecule has 2 aromatic carbocycles. The fourth-order valence-electron chi connectivity index (χ4n) is 2.13. The molecule has 0 spiro atoms. The van der Waals surface area contributed by atoms with Crippen molar-refractivity contribution in [2.75, 3.05) is 17.2 Å². The zero-order valence-electron chi connectivity index (χ0n) is 14.3. The number of anilines is 2. The number of esters is 1. The lowest BCUT2D eigenvalue weighted by atomic mass is 10.2. The Balaban J connectivity index is 1.63. The second-order valence-corrected chi connectivity index (χ2v) is 6.42. The fourth-order valence-corrected chi connectivity index (χ4v) is 2.43. The van der Waals surface area contributed by atoms with Crippen LogP contribution < -0.4 is 10.6 Å². The van der Waals surface area contributed by atoms with Crippen molar-refractivity contribution in [3.8, 4) is 0 Å². The van der Waals surface area contributed by atoms with Crippen LogP contribution in [0.15, 0.2) is 48.5 Å². The first-order valence-corrected chi connectivity index (χ1v) is 8.95. The van der Waals surface area contributed by atoms with Crippen LogP contribution in [0.2, 0.25) is 10.0 Å². The van der Waals surface area contributed by atoms with Crippen LogP contribution in [-0.2, 0) is 19.1 Å². The van der Waals surface area contributed by atoms with Crippen molar-refractivity contribution in [1.29, 1.82) is 0 Å². The normalized spacial score (nSPS) is 10.1. The largest absolute Gasteiger partial charge is 0.456 e. The number of amides is 2. The molecular formula is C19H18Cl2N2O4. The number of hydrogen-bond acceptors (Lipinski definition) is 4. The minimum absolute atomic E-state index is 0.0351. The zero-order valence-corrected chi connectivity index (χ0v) is 15.8. The molecule has 0 aliphatic rings. The SMILES string of the molecule is O=C(CCCC(=O)OCC(=O)Nc1ccccc1)Nc1ccc(Cl)c(Cl)c1. The molecule has 0 aromatic heterocycles. The molecule has 6 nitrogen and oxygen atoms in total. The van der Waals surface area contributed by atoms with E-state index in [0.717, 1.165) is 0 Å². The van der Waals surface area contributed by atoms with Gasteiger partial charge in [0.1, 0.15) is 0 Å². The van der Waals surface area contributed by atoms with Gasteiger partial charge in [0, 0.05) is 24.2 Å². The van der Waals surface area contributed by atoms with E-state index >= 15 is 0 Å². The van der Waals surface area contributed by atoms with Gasteiger partial charge in [0.05, 0.1) is 10.0 Å². The highest BCUT2D eigenvalue weighted by atomic mass is 35.5. The van der Waals surface area contributed by atoms with Gasteiger partial charge in [0.15, 0.2) is 6.61 Å². The van der Waals surface area contributed by atoms with Crippen LogP contribution in [0.5, 0.6) is 0 Å². The number of rotatable bonds is 8. The monoisotopic (exact) mass is 408 g/mol. The molecule has 2 rings (SSSR count). The number of para-hydroxylation sites is 1. The molecule has 0 fully saturated rings. The summed E-state index contributed by atoms with van der Waals surface area (Å²) in [6.07, 6.45) is 0.464. The number of carbonyl (C=O) groups is 3. The van der Waals surface area contributed by atoms with Gasteiger partial charge in [-0.1, -0.05) is 41.4 Å². The van der Waals surface area contributed by atoms with Crippen LogP contribution in [0.1, 0.15) is 19.3 Å². The van der Waals surface area contributed by atoms with Crippen molar-refractivity contribution >= 4 is 52.4 Å². The summed E-state index contributed by atoms with van der Waals surface area (Å²) in [5.74, 6) is -1.23. The van der Waals surface area contributed by atoms with Crippen LogP contribution >= 0.6 is 23.2 Å². The minimum atomic E-state index is -0.541. The highest BCUT2D eigenvalue weighted by molar-refractivity contribution is 6.42. The van der Waals surface area contributed by atoms with Crippen LogP contribution in [0.4, 0.5) is 11.4 Å². The van der Waals surface area contributed by atoms with Gasteiger partial charge in [-0.2, -0.15) is 0 Å². The van der Waals surface area contributed by atoms with Crippen LogP contribution in [0.25, 0.3) is 0 Å². The summed E-state index contributed by atoms with van der Waals surface area (Å²) in [4.78, 5) is 35.2. The minimum Gasteiger partial charge on any atom is -0.456 e. The Hall–Kier alpha value is -2.57. The lowest BCUT2D eigenvalue weighted by Crippen LogP contribution is -2.21. The third-order valence-electron chi connectivity index (χ3n) is 3.41. The number of nitrogens with one attached hydrogen (secondary N) is 2. The van der Waals surface area contributed by atoms with Crippen LogP contribution in [0, 0.1) is 0 Å². The summed E-state index contributed by atoms with van der Waals surface area (Å²) in [5, 5.41) is 6.01. The average molecular weight is 409 g/mol. The molecule has 2 amide bonds. The summed E-state index contributed by atoms with van der Waals surface area (Å²) in [6, 6.07) is 13.6. The van der Waals surface area contributed by atoms with Gasteiger partial charge in [-0.15, -0.1) is 0 Å². The molecule has 0 saturated heterocycles. The van der Waals surface area contributed by atoms with E-state index in [2.05, 4.69) is 10.6 Å². The first-order chi connectivity index (χ1) is 12.9. The lowest BCUT2D eigenvalue weighted by molar-refractivity contribution is -0.147. The maximum absolute atomic E-state index is 11.9. The molecule has 2 N–H and O–H groups in total. The molecule has 0 aliphatic heterocycles. The highest BCUT2D eigenvalue weighted by Gasteiger charge is 2.10. The van der Waals surface area contributed by atoms with Crippen molar-refractivity contribution < 1.29 is 19.1 Å². The summed E-state index contributed by atoms with van der Waals surface area (Å²) in [7, 11) is 0. The number of hydrogen-bond donors (Lipinski definition) is 2. The molecule has 2 aromatic rings. The van der Waals surface area contributed by atoms with E-state index < -0.39 is 11.9 Å². The van der Waals surface area contributed by atoms with Crippen LogP contribution in [-0.4, -0.2) is 24.4 Å². The van der Waals surface area contributed by atoms with Gasteiger partial charge in [-0.25, -0.2) is 0 Å². The van der Waals surface area contributed by atoms with Gasteiger partial charge < -0.3 is 15.4 Å². The van der Waals surface area contributed by atoms with Crippen molar-refractivity contribution in [3.63, 3.8) is 0 Å². The van der Waals surface area contributed by atoms with Crippen LogP contribution in [0.3, 0.4) is 0 Å². The second-order valence-electron chi connectivity index (χ2n) is 5.61. The molecule has 142 valence electrons. The molecule has 0 bridgehead atoms. The Morgan fingerprint density at radius 1 is 0.815 bits per heavy atom. The van der Waals surface area contributed by atoms with Gasteiger partial charge >= 0.3 is 5.97 Å². The molecule has 27 heavy (non-hydrogen) atoms. The molecule has 0 atom stereocenters. The summed E-state index contributed by atoms with van der Waals surface area (Å²) in [5.41, 5.74) is 1.15. The van der Waals surface area contributed by atoms with Gasteiger partial charge in [0.25, 0.3) is 5.91 Å². The first kappa shape index (κ1) is 20.7. The predicted molar refractivity (Wildman–Crippen MR) is 105 cm³/mol. The average Bonchev–Trinajstić information content (AvgIpc) is 2.64. The summed E-state index contributed by atoms with van der Waals surface area (Å²) in [6.45, 7) is -0.372. The Morgan fingerprint density at radius 3 is 2.22 bits per heavy atom. The Kier molecular flexibility index (Phi) is 8.10. The molecule has 0 saturated carbocycles. The Labute approximate surface area is 166 Å². The quantitative estimate of drug-likeness (QED) is 0.638. The van der Waals surface area contributed by atoms with E-state index in [1.54, 1.807) is 42.5 Å². The smallest absolute Gasteiger partial charge is 0.306 e. The zero-order chi connectivity index (χ0) is 19.6. The van der Waals surface area contributed by atoms with Gasteiger partial charge in [-0.3, -0.25) is 14.4 Å². The van der Waals surface area contributed by atoms with Crippen molar-refractivity contribution in [2.45, 2.75) is 19.3 Å². The third-order valence-corrected chi connectivity index (χ3v) is 4.15. The molecule has 0 aliphatic carbocycles. The number of benzene rings is 2. The molecule has 0 heterocycles. The topological polar surface area (TPSA) is 84.5 Å². The van der Waals surface area contributed by atoms with Crippen molar-refractivity contribution in [2.24, 2.45) is 0 Å². The standard InChI is InChI=1S/C19H18Cl2N2O4/c20-15-10-9-14(11-16(15)21)23-17(24)7-4-8-19(26)27-12-18(25)22-13-5-2-1-3-6-13/h1-3,5-6,9-11H,4,7-8,12H2,(H,22,25)(H,23,24). The van der Waals surface area contributed by atoms with E-state index in [9.17, 15) is 14.4 Å². The van der Waals surface area contributed by atoms with E-state index in [-0.39, 0.29) is 25.4 Å². The number of carbonyl (C=O) groups excluding carboxylic acids is 3. The van der Waals surface area contributed by atoms with E-state index in [1.165, 1.54) is 0 Å². The van der Waals surface area contributed by atoms with Crippen molar-refractivity contribution in [1.82, 2.24) is 0 Å². The molecule has 8 heteroatoms. The lowest BCUT2D eigenvalue weighted by Gasteiger charge is -2.07. The van der Waals surface area contributed by atoms with E-state index in [0.29, 0.717) is 27.8 Å². The number of halogens is 2. The molecular weight excluding hydrogens is 391 g/mol. The molecule has 0 unspecified atom stereocenters. The summed E-state index contributed by atoms with van der Waals surface area (Å²) >= 11 is 11.7. The second kappa shape index (κ2) is 10.5. The van der Waals surface area contributed by atoms with Gasteiger partial charge in [0.2, 0.25) is 5.91 Å². The molecule has 0 radical (unpaired) electrons. The number of ether oxygens (including phenoxy) is 1. The Morgan fingerprint density at radius 2 is 1.52 bits per heavy atom. The maximum atomic E-state index is 11.9. The van der Waals surface area contributed by atoms with E-state index in [1.807, 2.05) is 6.07 Å². The maximum Gasteiger partial charge on any atom is 0.306 e. The summed E-state index contributed by atoms with van der Waals surface area (Å²) < 4.78 is 4.89. The highest BCUT2D eigenvalue weighted by Crippen LogP contribution is 2.25. The van der Waals surface area contributed by atoms with Gasteiger partial charge in [-0.05, 0) is 36.8 Å². The van der Waals surface area contributed by atoms with E-state index in [4.69, 9.17) is 27.9 Å². The fraction of sp³-hybridized carbons (Fsp3) is 0.211. The predicted octanol–water partition coefficient (Wildman–Crippen LogP) is 4.28. The first-order valence-electron chi connectivity index (χ1n) is 8.19. The third kappa shape index (κ3) is 7.68. The Bertz CT molecular complexity index is 813. The van der Waals surface area contributed by atoms with Crippen molar-refractivity contribution in [3.05, 3.63) is 58.6 Å².